The zero-order valence-corrected chi connectivity index (χ0v) is 16.9. The molecule has 0 spiro atoms. The molecule has 30 heavy (non-hydrogen) atoms. The second-order valence-electron chi connectivity index (χ2n) is 6.26. The number of sulfonamides is 1. The van der Waals surface area contributed by atoms with Crippen molar-refractivity contribution in [3.63, 3.8) is 0 Å². The van der Waals surface area contributed by atoms with Crippen molar-refractivity contribution < 1.29 is 17.9 Å². The molecule has 9 nitrogen and oxygen atoms in total. The molecule has 4 rings (SSSR count). The lowest BCUT2D eigenvalue weighted by Gasteiger charge is -2.08. The largest absolute Gasteiger partial charge is 0.497 e. The molecule has 10 heteroatoms. The van der Waals surface area contributed by atoms with Crippen LogP contribution in [0.3, 0.4) is 0 Å². The monoisotopic (exact) mass is 425 g/mol. The first kappa shape index (κ1) is 19.8. The number of ether oxygens (including phenoxy) is 2. The van der Waals surface area contributed by atoms with Crippen molar-refractivity contribution in [2.75, 3.05) is 20.3 Å². The topological polar surface area (TPSA) is 108 Å². The third-order valence-electron chi connectivity index (χ3n) is 4.26. The van der Waals surface area contributed by atoms with Gasteiger partial charge in [-0.1, -0.05) is 30.3 Å². The molecule has 4 aromatic rings. The van der Waals surface area contributed by atoms with Crippen LogP contribution in [0, 0.1) is 0 Å². The first-order chi connectivity index (χ1) is 14.6. The molecule has 0 aliphatic heterocycles. The summed E-state index contributed by atoms with van der Waals surface area (Å²) in [4.78, 5) is 0.206. The Kier molecular flexibility index (Phi) is 5.59. The average molecular weight is 425 g/mol. The highest BCUT2D eigenvalue weighted by Crippen LogP contribution is 2.23. The number of benzene rings is 2. The average Bonchev–Trinajstić information content (AvgIpc) is 3.21. The molecule has 2 heterocycles. The Bertz CT molecular complexity index is 1260. The van der Waals surface area contributed by atoms with E-state index in [1.165, 1.54) is 12.1 Å². The van der Waals surface area contributed by atoms with Crippen LogP contribution in [0.1, 0.15) is 0 Å². The van der Waals surface area contributed by atoms with Crippen LogP contribution in [0.5, 0.6) is 11.6 Å². The zero-order chi connectivity index (χ0) is 21.0. The minimum atomic E-state index is -3.58. The van der Waals surface area contributed by atoms with Gasteiger partial charge >= 0.3 is 0 Å². The van der Waals surface area contributed by atoms with Gasteiger partial charge in [0.05, 0.1) is 12.0 Å². The predicted molar refractivity (Wildman–Crippen MR) is 110 cm³/mol. The molecule has 0 fully saturated rings. The summed E-state index contributed by atoms with van der Waals surface area (Å²) in [6, 6.07) is 19.0. The van der Waals surface area contributed by atoms with Gasteiger partial charge in [0, 0.05) is 18.2 Å². The highest BCUT2D eigenvalue weighted by atomic mass is 32.2. The Hall–Kier alpha value is -3.50. The zero-order valence-electron chi connectivity index (χ0n) is 16.1. The first-order valence-corrected chi connectivity index (χ1v) is 10.6. The lowest BCUT2D eigenvalue weighted by atomic mass is 10.2. The maximum Gasteiger partial charge on any atom is 0.240 e. The van der Waals surface area contributed by atoms with Gasteiger partial charge in [-0.2, -0.15) is 4.52 Å². The van der Waals surface area contributed by atoms with E-state index >= 15 is 0 Å². The van der Waals surface area contributed by atoms with E-state index in [-0.39, 0.29) is 18.0 Å². The highest BCUT2D eigenvalue weighted by molar-refractivity contribution is 7.89. The highest BCUT2D eigenvalue weighted by Gasteiger charge is 2.13. The summed E-state index contributed by atoms with van der Waals surface area (Å²) in [6.07, 6.45) is 0. The molecular weight excluding hydrogens is 406 g/mol. The molecule has 0 aliphatic carbocycles. The number of nitrogens with one attached hydrogen (secondary N) is 1. The molecule has 154 valence electrons. The van der Waals surface area contributed by atoms with Crippen molar-refractivity contribution in [1.29, 1.82) is 0 Å². The fraction of sp³-hybridized carbons (Fsp3) is 0.150. The van der Waals surface area contributed by atoms with Crippen LogP contribution in [0.25, 0.3) is 17.0 Å². The quantitative estimate of drug-likeness (QED) is 0.431. The number of rotatable bonds is 8. The van der Waals surface area contributed by atoms with E-state index < -0.39 is 10.0 Å². The van der Waals surface area contributed by atoms with Crippen LogP contribution in [-0.2, 0) is 10.0 Å². The van der Waals surface area contributed by atoms with Gasteiger partial charge in [0.1, 0.15) is 12.4 Å². The Morgan fingerprint density at radius 2 is 1.83 bits per heavy atom. The van der Waals surface area contributed by atoms with Crippen molar-refractivity contribution in [2.45, 2.75) is 4.90 Å². The van der Waals surface area contributed by atoms with E-state index in [4.69, 9.17) is 9.47 Å². The van der Waals surface area contributed by atoms with Crippen LogP contribution in [0.4, 0.5) is 0 Å². The maximum atomic E-state index is 12.2. The summed E-state index contributed by atoms with van der Waals surface area (Å²) < 4.78 is 39.4. The summed E-state index contributed by atoms with van der Waals surface area (Å²) in [5.74, 6) is 1.56. The number of fused-ring (bicyclic) bond motifs is 1. The summed E-state index contributed by atoms with van der Waals surface area (Å²) in [5, 5.41) is 12.7. The van der Waals surface area contributed by atoms with Crippen molar-refractivity contribution in [3.8, 4) is 23.0 Å². The normalized spacial score (nSPS) is 11.5. The van der Waals surface area contributed by atoms with Crippen molar-refractivity contribution in [3.05, 3.63) is 66.7 Å². The van der Waals surface area contributed by atoms with Gasteiger partial charge in [0.25, 0.3) is 0 Å². The summed E-state index contributed by atoms with van der Waals surface area (Å²) in [5.41, 5.74) is 1.35. The molecule has 0 atom stereocenters. The van der Waals surface area contributed by atoms with Gasteiger partial charge in [-0.15, -0.1) is 15.3 Å². The lowest BCUT2D eigenvalue weighted by molar-refractivity contribution is 0.306. The third-order valence-corrected chi connectivity index (χ3v) is 5.74. The molecule has 0 saturated heterocycles. The number of nitrogens with zero attached hydrogens (tertiary/aromatic N) is 4. The van der Waals surface area contributed by atoms with Crippen molar-refractivity contribution in [1.82, 2.24) is 24.5 Å². The second kappa shape index (κ2) is 8.47. The minimum Gasteiger partial charge on any atom is -0.497 e. The fourth-order valence-electron chi connectivity index (χ4n) is 2.81. The van der Waals surface area contributed by atoms with Crippen LogP contribution < -0.4 is 14.2 Å². The first-order valence-electron chi connectivity index (χ1n) is 9.11. The summed E-state index contributed by atoms with van der Waals surface area (Å²) >= 11 is 0. The van der Waals surface area contributed by atoms with Gasteiger partial charge in [0.2, 0.25) is 15.9 Å². The van der Waals surface area contributed by atoms with Gasteiger partial charge < -0.3 is 9.47 Å². The van der Waals surface area contributed by atoms with Crippen LogP contribution in [0.2, 0.25) is 0 Å². The molecule has 0 saturated carbocycles. The van der Waals surface area contributed by atoms with Gasteiger partial charge in [-0.25, -0.2) is 13.1 Å². The smallest absolute Gasteiger partial charge is 0.240 e. The van der Waals surface area contributed by atoms with E-state index in [0.29, 0.717) is 23.1 Å². The molecule has 0 unspecified atom stereocenters. The summed E-state index contributed by atoms with van der Waals surface area (Å²) in [6.45, 7) is 0.211. The maximum absolute atomic E-state index is 12.2. The molecule has 0 aliphatic rings. The molecule has 1 N–H and O–H groups in total. The molecule has 2 aromatic carbocycles. The van der Waals surface area contributed by atoms with Crippen LogP contribution in [-0.4, -0.2) is 48.5 Å². The molecule has 0 amide bonds. The van der Waals surface area contributed by atoms with Gasteiger partial charge in [-0.05, 0) is 30.3 Å². The Labute approximate surface area is 173 Å². The van der Waals surface area contributed by atoms with Crippen LogP contribution in [0.15, 0.2) is 71.6 Å². The number of aromatic nitrogens is 4. The van der Waals surface area contributed by atoms with Crippen molar-refractivity contribution >= 4 is 15.7 Å². The molecular formula is C20H19N5O4S. The standard InChI is InChI=1S/C20H19N5O4S/c1-28-16-7-5-6-15(14-16)20-23-22-18-10-11-19(24-25(18)20)29-13-12-21-30(26,27)17-8-3-2-4-9-17/h2-11,14,21H,12-13H2,1H3. The Morgan fingerprint density at radius 1 is 1.00 bits per heavy atom. The van der Waals surface area contributed by atoms with E-state index in [2.05, 4.69) is 20.0 Å². The SMILES string of the molecule is COc1cccc(-c2nnc3ccc(OCCNS(=O)(=O)c4ccccc4)nn23)c1. The second-order valence-corrected chi connectivity index (χ2v) is 8.02. The van der Waals surface area contributed by atoms with E-state index in [9.17, 15) is 8.42 Å². The Morgan fingerprint density at radius 3 is 2.63 bits per heavy atom. The third kappa shape index (κ3) is 4.24. The summed E-state index contributed by atoms with van der Waals surface area (Å²) in [7, 11) is -1.98. The molecule has 0 radical (unpaired) electrons. The molecule has 2 aromatic heterocycles. The predicted octanol–water partition coefficient (Wildman–Crippen LogP) is 2.16. The number of hydrogen-bond acceptors (Lipinski definition) is 7. The van der Waals surface area contributed by atoms with E-state index in [1.807, 2.05) is 24.3 Å². The van der Waals surface area contributed by atoms with Crippen molar-refractivity contribution in [2.24, 2.45) is 0 Å². The number of methoxy groups -OCH3 is 1. The van der Waals surface area contributed by atoms with Gasteiger partial charge in [0.15, 0.2) is 11.5 Å². The fourth-order valence-corrected chi connectivity index (χ4v) is 3.84. The number of hydrogen-bond donors (Lipinski definition) is 1. The van der Waals surface area contributed by atoms with Crippen LogP contribution >= 0.6 is 0 Å². The molecule has 0 bridgehead atoms. The van der Waals surface area contributed by atoms with Gasteiger partial charge in [-0.3, -0.25) is 0 Å². The Balaban J connectivity index is 1.45. The van der Waals surface area contributed by atoms with E-state index in [1.54, 1.807) is 42.0 Å². The minimum absolute atomic E-state index is 0.0991. The lowest BCUT2D eigenvalue weighted by Crippen LogP contribution is -2.28. The van der Waals surface area contributed by atoms with E-state index in [0.717, 1.165) is 5.56 Å².